The monoisotopic (exact) mass is 497 g/mol. The van der Waals surface area contributed by atoms with Crippen molar-refractivity contribution in [3.8, 4) is 0 Å². The van der Waals surface area contributed by atoms with E-state index in [4.69, 9.17) is 4.52 Å². The van der Waals surface area contributed by atoms with Crippen LogP contribution in [0.3, 0.4) is 0 Å². The number of hydrogen-bond donors (Lipinski definition) is 0. The van der Waals surface area contributed by atoms with Gasteiger partial charge in [-0.2, -0.15) is 4.31 Å². The van der Waals surface area contributed by atoms with Gasteiger partial charge in [0.2, 0.25) is 15.9 Å². The Morgan fingerprint density at radius 1 is 1.09 bits per heavy atom. The van der Waals surface area contributed by atoms with E-state index in [0.29, 0.717) is 18.4 Å². The third kappa shape index (κ3) is 5.21. The van der Waals surface area contributed by atoms with Gasteiger partial charge >= 0.3 is 0 Å². The molecule has 0 N–H and O–H groups in total. The van der Waals surface area contributed by atoms with Crippen molar-refractivity contribution in [2.75, 3.05) is 25.0 Å². The van der Waals surface area contributed by atoms with Crippen molar-refractivity contribution in [1.29, 1.82) is 0 Å². The normalized spacial score (nSPS) is 15.5. The lowest BCUT2D eigenvalue weighted by Gasteiger charge is -2.32. The number of sulfonamides is 1. The number of rotatable bonds is 6. The fourth-order valence-corrected chi connectivity index (χ4v) is 5.94. The van der Waals surface area contributed by atoms with Gasteiger partial charge in [-0.05, 0) is 57.0 Å². The molecule has 2 aromatic carbocycles. The second kappa shape index (κ2) is 10.1. The third-order valence-corrected chi connectivity index (χ3v) is 8.36. The van der Waals surface area contributed by atoms with Gasteiger partial charge in [0, 0.05) is 37.3 Å². The Kier molecular flexibility index (Phi) is 7.18. The predicted molar refractivity (Wildman–Crippen MR) is 133 cm³/mol. The number of carbonyl (C=O) groups is 1. The van der Waals surface area contributed by atoms with Gasteiger partial charge in [0.25, 0.3) is 0 Å². The van der Waals surface area contributed by atoms with E-state index in [0.717, 1.165) is 11.3 Å². The number of amides is 1. The maximum atomic E-state index is 14.0. The first-order chi connectivity index (χ1) is 16.7. The summed E-state index contributed by atoms with van der Waals surface area (Å²) >= 11 is 0. The number of aryl methyl sites for hydroxylation is 2. The van der Waals surface area contributed by atoms with Crippen molar-refractivity contribution in [3.05, 3.63) is 76.9 Å². The molecule has 0 unspecified atom stereocenters. The molecule has 7 nitrogen and oxygen atoms in total. The van der Waals surface area contributed by atoms with Crippen molar-refractivity contribution in [1.82, 2.24) is 9.46 Å². The molecule has 2 heterocycles. The molecule has 35 heavy (non-hydrogen) atoms. The lowest BCUT2D eigenvalue weighted by Crippen LogP contribution is -2.43. The summed E-state index contributed by atoms with van der Waals surface area (Å²) < 4.78 is 47.5. The first-order valence-electron chi connectivity index (χ1n) is 11.4. The van der Waals surface area contributed by atoms with Crippen molar-refractivity contribution in [2.45, 2.75) is 31.6 Å². The number of carbonyl (C=O) groups excluding carboxylic acids is 1. The summed E-state index contributed by atoms with van der Waals surface area (Å²) in [6.45, 7) is 3.97. The average molecular weight is 498 g/mol. The molecule has 1 aliphatic heterocycles. The van der Waals surface area contributed by atoms with Crippen molar-refractivity contribution in [3.63, 3.8) is 0 Å². The summed E-state index contributed by atoms with van der Waals surface area (Å²) in [5, 5.41) is 3.83. The maximum absolute atomic E-state index is 14.0. The van der Waals surface area contributed by atoms with Gasteiger partial charge in [-0.15, -0.1) is 0 Å². The molecule has 0 bridgehead atoms. The smallest absolute Gasteiger partial charge is 0.248 e. The number of halogens is 1. The van der Waals surface area contributed by atoms with Crippen molar-refractivity contribution >= 4 is 33.8 Å². The molecule has 0 saturated carbocycles. The summed E-state index contributed by atoms with van der Waals surface area (Å²) in [5.41, 5.74) is 2.46. The Morgan fingerprint density at radius 3 is 2.40 bits per heavy atom. The van der Waals surface area contributed by atoms with E-state index < -0.39 is 15.8 Å². The maximum Gasteiger partial charge on any atom is 0.248 e. The molecule has 1 aromatic heterocycles. The molecule has 1 aliphatic rings. The zero-order chi connectivity index (χ0) is 25.2. The lowest BCUT2D eigenvalue weighted by molar-refractivity contribution is -0.123. The highest BCUT2D eigenvalue weighted by Gasteiger charge is 2.36. The highest BCUT2D eigenvalue weighted by Crippen LogP contribution is 2.30. The van der Waals surface area contributed by atoms with Crippen LogP contribution in [0.4, 0.5) is 10.1 Å². The summed E-state index contributed by atoms with van der Waals surface area (Å²) in [7, 11) is -2.17. The van der Waals surface area contributed by atoms with Crippen LogP contribution in [0.15, 0.2) is 57.9 Å². The molecular weight excluding hydrogens is 469 g/mol. The number of benzene rings is 2. The predicted octanol–water partition coefficient (Wildman–Crippen LogP) is 4.66. The average Bonchev–Trinajstić information content (AvgIpc) is 3.24. The van der Waals surface area contributed by atoms with Crippen molar-refractivity contribution < 1.29 is 22.1 Å². The van der Waals surface area contributed by atoms with Crippen LogP contribution < -0.4 is 4.90 Å². The topological polar surface area (TPSA) is 83.7 Å². The Hall–Kier alpha value is -3.30. The Labute approximate surface area is 204 Å². The molecule has 1 fully saturated rings. The molecule has 0 atom stereocenters. The van der Waals surface area contributed by atoms with Crippen LogP contribution in [-0.2, 0) is 14.8 Å². The van der Waals surface area contributed by atoms with Gasteiger partial charge in [-0.3, -0.25) is 4.79 Å². The van der Waals surface area contributed by atoms with E-state index in [1.54, 1.807) is 37.1 Å². The largest absolute Gasteiger partial charge is 0.355 e. The number of aromatic nitrogens is 1. The van der Waals surface area contributed by atoms with E-state index in [-0.39, 0.29) is 41.3 Å². The van der Waals surface area contributed by atoms with Crippen LogP contribution in [0.25, 0.3) is 12.2 Å². The second-order valence-corrected chi connectivity index (χ2v) is 10.6. The number of hydrogen-bond acceptors (Lipinski definition) is 5. The Morgan fingerprint density at radius 2 is 1.74 bits per heavy atom. The van der Waals surface area contributed by atoms with E-state index in [9.17, 15) is 17.6 Å². The third-order valence-electron chi connectivity index (χ3n) is 6.31. The molecule has 0 spiro atoms. The number of anilines is 1. The van der Waals surface area contributed by atoms with Crippen LogP contribution in [0.5, 0.6) is 0 Å². The summed E-state index contributed by atoms with van der Waals surface area (Å²) in [4.78, 5) is 14.6. The highest BCUT2D eigenvalue weighted by molar-refractivity contribution is 7.89. The number of piperidine rings is 1. The first-order valence-corrected chi connectivity index (χ1v) is 12.9. The highest BCUT2D eigenvalue weighted by atomic mass is 32.2. The van der Waals surface area contributed by atoms with E-state index >= 15 is 0 Å². The summed E-state index contributed by atoms with van der Waals surface area (Å²) in [6.07, 6.45) is 3.70. The Balaban J connectivity index is 1.47. The van der Waals surface area contributed by atoms with E-state index in [1.165, 1.54) is 22.5 Å². The van der Waals surface area contributed by atoms with Gasteiger partial charge in [0.05, 0.1) is 0 Å². The van der Waals surface area contributed by atoms with Gasteiger partial charge in [-0.25, -0.2) is 12.8 Å². The van der Waals surface area contributed by atoms with Crippen LogP contribution in [0.2, 0.25) is 0 Å². The molecule has 0 aliphatic carbocycles. The van der Waals surface area contributed by atoms with Crippen LogP contribution in [0.1, 0.15) is 35.4 Å². The molecular formula is C26H28FN3O4S. The molecule has 9 heteroatoms. The molecule has 1 saturated heterocycles. The zero-order valence-corrected chi connectivity index (χ0v) is 20.8. The SMILES string of the molecule is Cc1ccc(N(C)C(=O)C2CCN(S(=O)(=O)c3c(C)noc3C=Cc3ccccc3F)CC2)cc1. The van der Waals surface area contributed by atoms with Crippen molar-refractivity contribution in [2.24, 2.45) is 5.92 Å². The summed E-state index contributed by atoms with van der Waals surface area (Å²) in [5.74, 6) is -0.674. The van der Waals surface area contributed by atoms with Gasteiger partial charge < -0.3 is 9.42 Å². The summed E-state index contributed by atoms with van der Waals surface area (Å²) in [6, 6.07) is 13.9. The van der Waals surface area contributed by atoms with E-state index in [2.05, 4.69) is 5.16 Å². The first kappa shape index (κ1) is 24.8. The fraction of sp³-hybridized carbons (Fsp3) is 0.308. The molecule has 184 valence electrons. The Bertz CT molecular complexity index is 1340. The number of nitrogens with zero attached hydrogens (tertiary/aromatic N) is 3. The van der Waals surface area contributed by atoms with Crippen LogP contribution >= 0.6 is 0 Å². The zero-order valence-electron chi connectivity index (χ0n) is 19.9. The minimum atomic E-state index is -3.91. The minimum Gasteiger partial charge on any atom is -0.355 e. The standard InChI is InChI=1S/C26H28FN3O4S/c1-18-8-11-22(12-9-18)29(3)26(31)21-14-16-30(17-15-21)35(32,33)25-19(2)28-34-24(25)13-10-20-6-4-5-7-23(20)27/h4-13,21H,14-17H2,1-3H3. The molecule has 3 aromatic rings. The van der Waals surface area contributed by atoms with Crippen LogP contribution in [0, 0.1) is 25.6 Å². The van der Waals surface area contributed by atoms with Gasteiger partial charge in [0.1, 0.15) is 11.5 Å². The molecule has 4 rings (SSSR count). The lowest BCUT2D eigenvalue weighted by atomic mass is 9.96. The minimum absolute atomic E-state index is 0.0273. The van der Waals surface area contributed by atoms with Crippen LogP contribution in [-0.4, -0.2) is 43.9 Å². The fourth-order valence-electron chi connectivity index (χ4n) is 4.22. The molecule has 1 amide bonds. The van der Waals surface area contributed by atoms with Gasteiger partial charge in [0.15, 0.2) is 10.7 Å². The molecule has 0 radical (unpaired) electrons. The van der Waals surface area contributed by atoms with E-state index in [1.807, 2.05) is 31.2 Å². The quantitative estimate of drug-likeness (QED) is 0.494. The second-order valence-electron chi connectivity index (χ2n) is 8.73. The van der Waals surface area contributed by atoms with Gasteiger partial charge in [-0.1, -0.05) is 41.1 Å².